The van der Waals surface area contributed by atoms with Gasteiger partial charge < -0.3 is 23.7 Å². The van der Waals surface area contributed by atoms with Crippen molar-refractivity contribution in [3.63, 3.8) is 0 Å². The Morgan fingerprint density at radius 3 is 1.77 bits per heavy atom. The van der Waals surface area contributed by atoms with Gasteiger partial charge in [0, 0.05) is 27.7 Å². The summed E-state index contributed by atoms with van der Waals surface area (Å²) in [5.41, 5.74) is -0.694. The number of hydrogen-bond acceptors (Lipinski definition) is 10. The summed E-state index contributed by atoms with van der Waals surface area (Å²) in [6.45, 7) is 6.48. The molecule has 0 amide bonds. The van der Waals surface area contributed by atoms with Crippen LogP contribution in [0, 0.1) is 0 Å². The molecule has 1 aliphatic heterocycles. The molecule has 9 nitrogen and oxygen atoms in total. The number of rotatable bonds is 7. The van der Waals surface area contributed by atoms with E-state index in [-0.39, 0.29) is 6.61 Å². The first-order valence-corrected chi connectivity index (χ1v) is 9.12. The number of thioether (sulfide) groups is 1. The highest BCUT2D eigenvalue weighted by Gasteiger charge is 2.52. The van der Waals surface area contributed by atoms with Crippen molar-refractivity contribution in [3.8, 4) is 0 Å². The summed E-state index contributed by atoms with van der Waals surface area (Å²) in [6, 6.07) is 0. The highest BCUT2D eigenvalue weighted by atomic mass is 32.2. The fraction of sp³-hybridized carbons (Fsp3) is 0.750. The second-order valence-electron chi connectivity index (χ2n) is 5.52. The van der Waals surface area contributed by atoms with Gasteiger partial charge in [-0.2, -0.15) is 0 Å². The first-order valence-electron chi connectivity index (χ1n) is 8.07. The zero-order chi connectivity index (χ0) is 19.9. The van der Waals surface area contributed by atoms with Gasteiger partial charge >= 0.3 is 23.9 Å². The van der Waals surface area contributed by atoms with E-state index in [1.165, 1.54) is 39.5 Å². The lowest BCUT2D eigenvalue weighted by Gasteiger charge is -2.44. The van der Waals surface area contributed by atoms with Gasteiger partial charge in [0.15, 0.2) is 18.3 Å². The van der Waals surface area contributed by atoms with E-state index >= 15 is 0 Å². The van der Waals surface area contributed by atoms with Crippen LogP contribution in [0.5, 0.6) is 0 Å². The molecule has 0 radical (unpaired) electrons. The Bertz CT molecular complexity index is 536. The van der Waals surface area contributed by atoms with Crippen molar-refractivity contribution < 1.29 is 42.9 Å². The van der Waals surface area contributed by atoms with E-state index < -0.39 is 53.7 Å². The molecule has 10 heteroatoms. The molecule has 1 fully saturated rings. The van der Waals surface area contributed by atoms with Gasteiger partial charge in [-0.25, -0.2) is 0 Å². The molecule has 0 aromatic heterocycles. The second-order valence-corrected chi connectivity index (χ2v) is 6.90. The smallest absolute Gasteiger partial charge is 0.303 e. The fourth-order valence-electron chi connectivity index (χ4n) is 2.49. The van der Waals surface area contributed by atoms with E-state index in [1.807, 2.05) is 6.92 Å². The van der Waals surface area contributed by atoms with E-state index in [9.17, 15) is 19.2 Å². The van der Waals surface area contributed by atoms with Gasteiger partial charge in [-0.05, 0) is 5.75 Å². The normalized spacial score (nSPS) is 28.0. The maximum absolute atomic E-state index is 11.6. The Labute approximate surface area is 156 Å². The van der Waals surface area contributed by atoms with Crippen LogP contribution in [0.2, 0.25) is 0 Å². The maximum atomic E-state index is 11.6. The van der Waals surface area contributed by atoms with Gasteiger partial charge in [0.2, 0.25) is 0 Å². The standard InChI is InChI=1S/C16H24O9S/c1-6-26-16-15(24-11(5)20)14(23-10(4)19)13(22-9(3)18)12(25-16)7-21-8(2)17/h12-16H,6-7H2,1-5H3/t12-,13-,14+,15+,16-/m0/s1. The fourth-order valence-corrected chi connectivity index (χ4v) is 3.44. The molecular weight excluding hydrogens is 368 g/mol. The molecule has 1 rings (SSSR count). The summed E-state index contributed by atoms with van der Waals surface area (Å²) in [4.78, 5) is 45.8. The summed E-state index contributed by atoms with van der Waals surface area (Å²) in [5.74, 6) is -1.81. The molecule has 0 aliphatic carbocycles. The number of esters is 4. The van der Waals surface area contributed by atoms with Crippen molar-refractivity contribution in [2.45, 2.75) is 64.5 Å². The van der Waals surface area contributed by atoms with Crippen LogP contribution >= 0.6 is 11.8 Å². The molecule has 148 valence electrons. The van der Waals surface area contributed by atoms with Gasteiger partial charge in [-0.3, -0.25) is 19.2 Å². The molecule has 0 bridgehead atoms. The topological polar surface area (TPSA) is 114 Å². The lowest BCUT2D eigenvalue weighted by atomic mass is 9.99. The minimum absolute atomic E-state index is 0.210. The zero-order valence-corrected chi connectivity index (χ0v) is 16.2. The second kappa shape index (κ2) is 10.4. The van der Waals surface area contributed by atoms with Gasteiger partial charge in [-0.1, -0.05) is 6.92 Å². The first kappa shape index (κ1) is 22.2. The Kier molecular flexibility index (Phi) is 8.86. The largest absolute Gasteiger partial charge is 0.463 e. The van der Waals surface area contributed by atoms with Crippen LogP contribution in [0.1, 0.15) is 34.6 Å². The van der Waals surface area contributed by atoms with E-state index in [0.29, 0.717) is 5.75 Å². The molecular formula is C16H24O9S. The van der Waals surface area contributed by atoms with Crippen molar-refractivity contribution in [1.82, 2.24) is 0 Å². The quantitative estimate of drug-likeness (QED) is 0.455. The van der Waals surface area contributed by atoms with Crippen LogP contribution in [0.25, 0.3) is 0 Å². The van der Waals surface area contributed by atoms with Crippen LogP contribution in [-0.2, 0) is 42.9 Å². The minimum Gasteiger partial charge on any atom is -0.463 e. The van der Waals surface area contributed by atoms with Gasteiger partial charge in [0.1, 0.15) is 18.1 Å². The lowest BCUT2D eigenvalue weighted by Crippen LogP contribution is -2.61. The van der Waals surface area contributed by atoms with Crippen LogP contribution in [0.3, 0.4) is 0 Å². The van der Waals surface area contributed by atoms with Crippen molar-refractivity contribution in [1.29, 1.82) is 0 Å². The van der Waals surface area contributed by atoms with Crippen molar-refractivity contribution >= 4 is 35.6 Å². The van der Waals surface area contributed by atoms with Gasteiger partial charge in [-0.15, -0.1) is 11.8 Å². The van der Waals surface area contributed by atoms with Gasteiger partial charge in [0.05, 0.1) is 0 Å². The molecule has 0 spiro atoms. The summed E-state index contributed by atoms with van der Waals surface area (Å²) >= 11 is 1.32. The molecule has 26 heavy (non-hydrogen) atoms. The maximum Gasteiger partial charge on any atom is 0.303 e. The Hall–Kier alpha value is -1.81. The van der Waals surface area contributed by atoms with Crippen LogP contribution < -0.4 is 0 Å². The average molecular weight is 392 g/mol. The summed E-state index contributed by atoms with van der Waals surface area (Å²) in [6.07, 6.45) is -4.07. The molecule has 0 unspecified atom stereocenters. The summed E-state index contributed by atoms with van der Waals surface area (Å²) < 4.78 is 26.7. The molecule has 1 aliphatic rings. The third-order valence-corrected chi connectivity index (χ3v) is 4.32. The SMILES string of the molecule is CCS[C@@H]1O[C@@H](COC(C)=O)[C@H](OC(C)=O)[C@@H](OC(C)=O)[C@H]1OC(C)=O. The van der Waals surface area contributed by atoms with Crippen LogP contribution in [0.15, 0.2) is 0 Å². The number of carbonyl (C=O) groups excluding carboxylic acids is 4. The molecule has 0 N–H and O–H groups in total. The van der Waals surface area contributed by atoms with E-state index in [4.69, 9.17) is 23.7 Å². The number of carbonyl (C=O) groups is 4. The van der Waals surface area contributed by atoms with E-state index in [0.717, 1.165) is 0 Å². The minimum atomic E-state index is -1.10. The first-order chi connectivity index (χ1) is 12.1. The van der Waals surface area contributed by atoms with Crippen LogP contribution in [0.4, 0.5) is 0 Å². The highest BCUT2D eigenvalue weighted by Crippen LogP contribution is 2.34. The predicted molar refractivity (Wildman–Crippen MR) is 90.1 cm³/mol. The molecule has 5 atom stereocenters. The molecule has 0 aromatic carbocycles. The lowest BCUT2D eigenvalue weighted by molar-refractivity contribution is -0.237. The zero-order valence-electron chi connectivity index (χ0n) is 15.4. The molecule has 0 aromatic rings. The molecule has 1 heterocycles. The summed E-state index contributed by atoms with van der Waals surface area (Å²) in [5, 5.41) is 0. The van der Waals surface area contributed by atoms with Gasteiger partial charge in [0.25, 0.3) is 0 Å². The Morgan fingerprint density at radius 2 is 1.31 bits per heavy atom. The average Bonchev–Trinajstić information content (AvgIpc) is 2.50. The van der Waals surface area contributed by atoms with Crippen molar-refractivity contribution in [2.75, 3.05) is 12.4 Å². The monoisotopic (exact) mass is 392 g/mol. The Balaban J connectivity index is 3.22. The summed E-state index contributed by atoms with van der Waals surface area (Å²) in [7, 11) is 0. The predicted octanol–water partition coefficient (Wildman–Crippen LogP) is 0.823. The molecule has 1 saturated heterocycles. The van der Waals surface area contributed by atoms with E-state index in [2.05, 4.69) is 0 Å². The number of ether oxygens (including phenoxy) is 5. The molecule has 0 saturated carbocycles. The van der Waals surface area contributed by atoms with Crippen molar-refractivity contribution in [3.05, 3.63) is 0 Å². The third-order valence-electron chi connectivity index (χ3n) is 3.28. The van der Waals surface area contributed by atoms with E-state index in [1.54, 1.807) is 0 Å². The third kappa shape index (κ3) is 6.83. The highest BCUT2D eigenvalue weighted by molar-refractivity contribution is 7.99. The van der Waals surface area contributed by atoms with Crippen LogP contribution in [-0.4, -0.2) is 66.1 Å². The Morgan fingerprint density at radius 1 is 0.808 bits per heavy atom. The number of hydrogen-bond donors (Lipinski definition) is 0. The van der Waals surface area contributed by atoms with Crippen molar-refractivity contribution in [2.24, 2.45) is 0 Å².